The van der Waals surface area contributed by atoms with Crippen LogP contribution in [0, 0.1) is 0 Å². The standard InChI is InChI=1S/C24H31N5O.HI/c1-25-24(26-12-4-13-29-14-11-21-5-2-3-6-23(21)29)27-19-20-7-9-22(10-8-20)28-15-17-30-18-16-28;/h2-3,5-11,14H,4,12-13,15-19H2,1H3,(H2,25,26,27);1H. The first kappa shape index (κ1) is 23.4. The van der Waals surface area contributed by atoms with Crippen LogP contribution in [-0.2, 0) is 17.8 Å². The van der Waals surface area contributed by atoms with Gasteiger partial charge in [0.25, 0.3) is 0 Å². The largest absolute Gasteiger partial charge is 0.378 e. The van der Waals surface area contributed by atoms with E-state index in [1.807, 2.05) is 7.05 Å². The number of benzene rings is 2. The Hall–Kier alpha value is -2.26. The smallest absolute Gasteiger partial charge is 0.191 e. The van der Waals surface area contributed by atoms with Gasteiger partial charge in [0.1, 0.15) is 0 Å². The van der Waals surface area contributed by atoms with Crippen LogP contribution >= 0.6 is 24.0 Å². The normalized spacial score (nSPS) is 14.4. The number of nitrogens with one attached hydrogen (secondary N) is 2. The highest BCUT2D eigenvalue weighted by molar-refractivity contribution is 14.0. The van der Waals surface area contributed by atoms with Gasteiger partial charge in [-0.25, -0.2) is 0 Å². The quantitative estimate of drug-likeness (QED) is 0.210. The molecule has 1 aliphatic heterocycles. The van der Waals surface area contributed by atoms with Crippen LogP contribution in [0.2, 0.25) is 0 Å². The van der Waals surface area contributed by atoms with Gasteiger partial charge in [-0.15, -0.1) is 24.0 Å². The molecule has 31 heavy (non-hydrogen) atoms. The van der Waals surface area contributed by atoms with E-state index in [9.17, 15) is 0 Å². The van der Waals surface area contributed by atoms with Gasteiger partial charge in [-0.3, -0.25) is 4.99 Å². The monoisotopic (exact) mass is 533 g/mol. The van der Waals surface area contributed by atoms with E-state index in [0.29, 0.717) is 0 Å². The van der Waals surface area contributed by atoms with Crippen molar-refractivity contribution in [1.29, 1.82) is 0 Å². The fourth-order valence-corrected chi connectivity index (χ4v) is 3.84. The number of anilines is 1. The number of hydrogen-bond acceptors (Lipinski definition) is 3. The zero-order chi connectivity index (χ0) is 20.6. The molecular formula is C24H32IN5O. The van der Waals surface area contributed by atoms with Crippen LogP contribution in [0.5, 0.6) is 0 Å². The molecule has 0 unspecified atom stereocenters. The molecule has 2 N–H and O–H groups in total. The Labute approximate surface area is 201 Å². The van der Waals surface area contributed by atoms with Gasteiger partial charge < -0.3 is 24.8 Å². The van der Waals surface area contributed by atoms with Gasteiger partial charge in [-0.1, -0.05) is 30.3 Å². The lowest BCUT2D eigenvalue weighted by Gasteiger charge is -2.28. The van der Waals surface area contributed by atoms with Gasteiger partial charge in [0.15, 0.2) is 5.96 Å². The highest BCUT2D eigenvalue weighted by atomic mass is 127. The van der Waals surface area contributed by atoms with Crippen molar-refractivity contribution in [3.8, 4) is 0 Å². The van der Waals surface area contributed by atoms with Crippen molar-refractivity contribution >= 4 is 46.5 Å². The Bertz CT molecular complexity index is 964. The number of guanidine groups is 1. The third-order valence-corrected chi connectivity index (χ3v) is 5.54. The second-order valence-corrected chi connectivity index (χ2v) is 7.54. The number of halogens is 1. The lowest BCUT2D eigenvalue weighted by molar-refractivity contribution is 0.122. The van der Waals surface area contributed by atoms with Crippen LogP contribution in [0.3, 0.4) is 0 Å². The first-order valence-electron chi connectivity index (χ1n) is 10.7. The second-order valence-electron chi connectivity index (χ2n) is 7.54. The number of aliphatic imine (C=N–C) groups is 1. The zero-order valence-corrected chi connectivity index (χ0v) is 20.4. The maximum atomic E-state index is 5.43. The number of rotatable bonds is 7. The number of ether oxygens (including phenoxy) is 1. The summed E-state index contributed by atoms with van der Waals surface area (Å²) in [5, 5.41) is 8.12. The molecule has 1 aromatic heterocycles. The van der Waals surface area contributed by atoms with Crippen LogP contribution in [0.1, 0.15) is 12.0 Å². The SMILES string of the molecule is CN=C(NCCCn1ccc2ccccc21)NCc1ccc(N2CCOCC2)cc1.I. The van der Waals surface area contributed by atoms with Crippen LogP contribution in [-0.4, -0.2) is 50.4 Å². The average molecular weight is 533 g/mol. The Morgan fingerprint density at radius 2 is 1.77 bits per heavy atom. The summed E-state index contributed by atoms with van der Waals surface area (Å²) in [7, 11) is 1.82. The number of para-hydroxylation sites is 1. The lowest BCUT2D eigenvalue weighted by Crippen LogP contribution is -2.37. The summed E-state index contributed by atoms with van der Waals surface area (Å²) in [6.45, 7) is 6.17. The van der Waals surface area contributed by atoms with Crippen molar-refractivity contribution in [2.75, 3.05) is 44.8 Å². The Morgan fingerprint density at radius 3 is 2.55 bits per heavy atom. The highest BCUT2D eigenvalue weighted by Gasteiger charge is 2.10. The molecule has 1 saturated heterocycles. The van der Waals surface area contributed by atoms with Crippen LogP contribution in [0.4, 0.5) is 5.69 Å². The van der Waals surface area contributed by atoms with Crippen LogP contribution in [0.25, 0.3) is 10.9 Å². The van der Waals surface area contributed by atoms with Crippen LogP contribution < -0.4 is 15.5 Å². The predicted molar refractivity (Wildman–Crippen MR) is 140 cm³/mol. The third kappa shape index (κ3) is 6.36. The molecule has 2 aromatic carbocycles. The summed E-state index contributed by atoms with van der Waals surface area (Å²) in [6, 6.07) is 19.4. The molecule has 1 fully saturated rings. The second kappa shape index (κ2) is 12.0. The summed E-state index contributed by atoms with van der Waals surface area (Å²) < 4.78 is 7.74. The minimum atomic E-state index is 0. The van der Waals surface area contributed by atoms with Gasteiger partial charge in [0, 0.05) is 57.2 Å². The lowest BCUT2D eigenvalue weighted by atomic mass is 10.2. The number of nitrogens with zero attached hydrogens (tertiary/aromatic N) is 3. The van der Waals surface area contributed by atoms with E-state index in [1.54, 1.807) is 0 Å². The van der Waals surface area contributed by atoms with Crippen molar-refractivity contribution in [2.24, 2.45) is 4.99 Å². The highest BCUT2D eigenvalue weighted by Crippen LogP contribution is 2.17. The summed E-state index contributed by atoms with van der Waals surface area (Å²) in [5.41, 5.74) is 3.80. The summed E-state index contributed by atoms with van der Waals surface area (Å²) in [5.74, 6) is 0.838. The van der Waals surface area contributed by atoms with Gasteiger partial charge >= 0.3 is 0 Å². The molecule has 4 rings (SSSR count). The first-order valence-corrected chi connectivity index (χ1v) is 10.7. The summed E-state index contributed by atoms with van der Waals surface area (Å²) in [6.07, 6.45) is 3.20. The molecule has 3 aromatic rings. The molecule has 0 atom stereocenters. The van der Waals surface area contributed by atoms with Gasteiger partial charge in [-0.05, 0) is 41.6 Å². The molecule has 166 valence electrons. The van der Waals surface area contributed by atoms with E-state index < -0.39 is 0 Å². The summed E-state index contributed by atoms with van der Waals surface area (Å²) in [4.78, 5) is 6.71. The van der Waals surface area contributed by atoms with E-state index >= 15 is 0 Å². The zero-order valence-electron chi connectivity index (χ0n) is 18.1. The third-order valence-electron chi connectivity index (χ3n) is 5.54. The maximum absolute atomic E-state index is 5.43. The molecule has 0 spiro atoms. The molecule has 0 radical (unpaired) electrons. The van der Waals surface area contributed by atoms with E-state index in [-0.39, 0.29) is 24.0 Å². The predicted octanol–water partition coefficient (Wildman–Crippen LogP) is 3.85. The van der Waals surface area contributed by atoms with Gasteiger partial charge in [-0.2, -0.15) is 0 Å². The van der Waals surface area contributed by atoms with E-state index in [0.717, 1.165) is 58.3 Å². The number of fused-ring (bicyclic) bond motifs is 1. The molecular weight excluding hydrogens is 501 g/mol. The maximum Gasteiger partial charge on any atom is 0.191 e. The Kier molecular flexibility index (Phi) is 9.02. The minimum Gasteiger partial charge on any atom is -0.378 e. The van der Waals surface area contributed by atoms with E-state index in [2.05, 4.69) is 85.9 Å². The Morgan fingerprint density at radius 1 is 1.00 bits per heavy atom. The molecule has 0 aliphatic carbocycles. The molecule has 0 bridgehead atoms. The molecule has 6 nitrogen and oxygen atoms in total. The fraction of sp³-hybridized carbons (Fsp3) is 0.375. The van der Waals surface area contributed by atoms with Crippen molar-refractivity contribution < 1.29 is 4.74 Å². The average Bonchev–Trinajstić information content (AvgIpc) is 3.23. The first-order chi connectivity index (χ1) is 14.8. The van der Waals surface area contributed by atoms with Crippen molar-refractivity contribution in [3.05, 3.63) is 66.4 Å². The molecule has 7 heteroatoms. The molecule has 0 saturated carbocycles. The topological polar surface area (TPSA) is 53.8 Å². The fourth-order valence-electron chi connectivity index (χ4n) is 3.84. The molecule has 0 amide bonds. The van der Waals surface area contributed by atoms with Crippen molar-refractivity contribution in [1.82, 2.24) is 15.2 Å². The summed E-state index contributed by atoms with van der Waals surface area (Å²) >= 11 is 0. The van der Waals surface area contributed by atoms with Crippen LogP contribution in [0.15, 0.2) is 65.8 Å². The molecule has 2 heterocycles. The van der Waals surface area contributed by atoms with Crippen molar-refractivity contribution in [3.63, 3.8) is 0 Å². The van der Waals surface area contributed by atoms with Crippen molar-refractivity contribution in [2.45, 2.75) is 19.5 Å². The van der Waals surface area contributed by atoms with E-state index in [4.69, 9.17) is 4.74 Å². The molecule has 1 aliphatic rings. The Balaban J connectivity index is 0.00000272. The number of hydrogen-bond donors (Lipinski definition) is 2. The van der Waals surface area contributed by atoms with Gasteiger partial charge in [0.2, 0.25) is 0 Å². The number of morpholine rings is 1. The van der Waals surface area contributed by atoms with Gasteiger partial charge in [0.05, 0.1) is 13.2 Å². The number of aromatic nitrogens is 1. The minimum absolute atomic E-state index is 0. The number of aryl methyl sites for hydroxylation is 1. The van der Waals surface area contributed by atoms with E-state index in [1.165, 1.54) is 22.2 Å².